The molecule has 2 aromatic carbocycles. The number of rotatable bonds is 6. The van der Waals surface area contributed by atoms with Crippen LogP contribution in [0.2, 0.25) is 0 Å². The average Bonchev–Trinajstić information content (AvgIpc) is 2.96. The fourth-order valence-corrected chi connectivity index (χ4v) is 3.82. The first kappa shape index (κ1) is 19.1. The van der Waals surface area contributed by atoms with Gasteiger partial charge in [0.2, 0.25) is 5.91 Å². The van der Waals surface area contributed by atoms with Crippen molar-refractivity contribution in [3.63, 3.8) is 0 Å². The number of amides is 1. The molecule has 0 aliphatic rings. The number of thioether (sulfide) groups is 1. The molecule has 0 bridgehead atoms. The number of halogens is 2. The number of anilines is 1. The Morgan fingerprint density at radius 1 is 1.04 bits per heavy atom. The summed E-state index contributed by atoms with van der Waals surface area (Å²) < 4.78 is 26.6. The van der Waals surface area contributed by atoms with Crippen molar-refractivity contribution >= 4 is 23.4 Å². The van der Waals surface area contributed by atoms with Crippen molar-refractivity contribution < 1.29 is 13.6 Å². The molecular weight excluding hydrogens is 368 g/mol. The van der Waals surface area contributed by atoms with Crippen LogP contribution in [0.1, 0.15) is 27.8 Å². The molecule has 0 radical (unpaired) electrons. The number of aryl methyl sites for hydroxylation is 2. The van der Waals surface area contributed by atoms with Crippen LogP contribution in [0.3, 0.4) is 0 Å². The van der Waals surface area contributed by atoms with Crippen LogP contribution >= 0.6 is 11.8 Å². The molecule has 2 N–H and O–H groups in total. The summed E-state index contributed by atoms with van der Waals surface area (Å²) in [4.78, 5) is 12.4. The van der Waals surface area contributed by atoms with E-state index in [1.165, 1.54) is 36.0 Å². The monoisotopic (exact) mass is 387 g/mol. The third-order valence-electron chi connectivity index (χ3n) is 4.12. The lowest BCUT2D eigenvalue weighted by Crippen LogP contribution is -2.16. The van der Waals surface area contributed by atoms with Gasteiger partial charge in [0.25, 0.3) is 0 Å². The first-order valence-corrected chi connectivity index (χ1v) is 9.43. The van der Waals surface area contributed by atoms with Gasteiger partial charge >= 0.3 is 0 Å². The van der Waals surface area contributed by atoms with Crippen LogP contribution in [0.5, 0.6) is 0 Å². The molecule has 4 nitrogen and oxygen atoms in total. The smallest absolute Gasteiger partial charge is 0.234 e. The lowest BCUT2D eigenvalue weighted by atomic mass is 10.0. The summed E-state index contributed by atoms with van der Waals surface area (Å²) in [5.41, 5.74) is 3.88. The second kappa shape index (κ2) is 8.35. The third-order valence-corrected chi connectivity index (χ3v) is 5.43. The van der Waals surface area contributed by atoms with E-state index in [4.69, 9.17) is 0 Å². The second-order valence-corrected chi connectivity index (χ2v) is 7.24. The van der Waals surface area contributed by atoms with E-state index < -0.39 is 0 Å². The van der Waals surface area contributed by atoms with Gasteiger partial charge < -0.3 is 5.32 Å². The molecule has 0 aliphatic heterocycles. The summed E-state index contributed by atoms with van der Waals surface area (Å²) in [7, 11) is 0. The van der Waals surface area contributed by atoms with Crippen molar-refractivity contribution in [3.8, 4) is 0 Å². The predicted molar refractivity (Wildman–Crippen MR) is 104 cm³/mol. The van der Waals surface area contributed by atoms with Crippen LogP contribution in [0.4, 0.5) is 14.5 Å². The molecule has 1 heterocycles. The molecule has 140 valence electrons. The highest BCUT2D eigenvalue weighted by molar-refractivity contribution is 8.00. The number of carbonyl (C=O) groups is 1. The Hall–Kier alpha value is -2.67. The zero-order valence-corrected chi connectivity index (χ0v) is 15.7. The molecule has 0 saturated carbocycles. The minimum atomic E-state index is -0.328. The molecule has 7 heteroatoms. The maximum Gasteiger partial charge on any atom is 0.234 e. The van der Waals surface area contributed by atoms with Gasteiger partial charge in [-0.05, 0) is 49.2 Å². The molecule has 0 unspecified atom stereocenters. The molecule has 1 amide bonds. The largest absolute Gasteiger partial charge is 0.322 e. The van der Waals surface area contributed by atoms with Crippen molar-refractivity contribution in [2.24, 2.45) is 0 Å². The van der Waals surface area contributed by atoms with Gasteiger partial charge in [-0.2, -0.15) is 5.10 Å². The number of aromatic amines is 1. The number of nitrogens with one attached hydrogen (secondary N) is 2. The number of carbonyl (C=O) groups excluding carboxylic acids is 1. The number of aromatic nitrogens is 2. The lowest BCUT2D eigenvalue weighted by Gasteiger charge is -2.18. The van der Waals surface area contributed by atoms with Gasteiger partial charge in [-0.15, -0.1) is 11.8 Å². The predicted octanol–water partition coefficient (Wildman–Crippen LogP) is 4.77. The number of H-pyrrole nitrogens is 1. The SMILES string of the molecule is Cc1n[nH]c(C)c1NC(=O)CSC(c1ccc(F)cc1)c1ccc(F)cc1. The van der Waals surface area contributed by atoms with Crippen LogP contribution < -0.4 is 5.32 Å². The van der Waals surface area contributed by atoms with Crippen molar-refractivity contribution in [2.75, 3.05) is 11.1 Å². The number of benzene rings is 2. The molecule has 0 aliphatic carbocycles. The summed E-state index contributed by atoms with van der Waals surface area (Å²) in [6.07, 6.45) is 0. The van der Waals surface area contributed by atoms with Gasteiger partial charge in [0.15, 0.2) is 0 Å². The fraction of sp³-hybridized carbons (Fsp3) is 0.200. The Kier molecular flexibility index (Phi) is 5.91. The Bertz CT molecular complexity index is 858. The average molecular weight is 387 g/mol. The molecular formula is C20H19F2N3OS. The molecule has 1 aromatic heterocycles. The van der Waals surface area contributed by atoms with Crippen LogP contribution in [-0.2, 0) is 4.79 Å². The molecule has 27 heavy (non-hydrogen) atoms. The van der Waals surface area contributed by atoms with Gasteiger partial charge in [0.1, 0.15) is 11.6 Å². The van der Waals surface area contributed by atoms with Crippen molar-refractivity contribution in [1.82, 2.24) is 10.2 Å². The van der Waals surface area contributed by atoms with E-state index in [-0.39, 0.29) is 28.5 Å². The van der Waals surface area contributed by atoms with Gasteiger partial charge in [0, 0.05) is 0 Å². The van der Waals surface area contributed by atoms with Crippen LogP contribution in [0.25, 0.3) is 0 Å². The van der Waals surface area contributed by atoms with E-state index in [0.29, 0.717) is 5.69 Å². The van der Waals surface area contributed by atoms with E-state index >= 15 is 0 Å². The van der Waals surface area contributed by atoms with E-state index in [2.05, 4.69) is 15.5 Å². The van der Waals surface area contributed by atoms with E-state index in [1.807, 2.05) is 13.8 Å². The minimum absolute atomic E-state index is 0.165. The van der Waals surface area contributed by atoms with E-state index in [1.54, 1.807) is 24.3 Å². The number of hydrogen-bond donors (Lipinski definition) is 2. The summed E-state index contributed by atoms with van der Waals surface area (Å²) >= 11 is 1.39. The highest BCUT2D eigenvalue weighted by Gasteiger charge is 2.18. The van der Waals surface area contributed by atoms with E-state index in [0.717, 1.165) is 22.5 Å². The number of nitrogens with zero attached hydrogens (tertiary/aromatic N) is 1. The topological polar surface area (TPSA) is 57.8 Å². The zero-order valence-electron chi connectivity index (χ0n) is 14.9. The highest BCUT2D eigenvalue weighted by Crippen LogP contribution is 2.36. The Labute approximate surface area is 160 Å². The molecule has 0 spiro atoms. The zero-order chi connectivity index (χ0) is 19.4. The van der Waals surface area contributed by atoms with Crippen LogP contribution in [0.15, 0.2) is 48.5 Å². The standard InChI is InChI=1S/C20H19F2N3OS/c1-12-19(13(2)25-24-12)23-18(26)11-27-20(14-3-7-16(21)8-4-14)15-5-9-17(22)10-6-15/h3-10,20H,11H2,1-2H3,(H,23,26)(H,24,25). The number of hydrogen-bond acceptors (Lipinski definition) is 3. The third kappa shape index (κ3) is 4.74. The van der Waals surface area contributed by atoms with Crippen LogP contribution in [0, 0.1) is 25.5 Å². The first-order valence-electron chi connectivity index (χ1n) is 8.38. The van der Waals surface area contributed by atoms with E-state index in [9.17, 15) is 13.6 Å². The van der Waals surface area contributed by atoms with Gasteiger partial charge in [0.05, 0.1) is 28.1 Å². The lowest BCUT2D eigenvalue weighted by molar-refractivity contribution is -0.113. The molecule has 0 atom stereocenters. The second-order valence-electron chi connectivity index (χ2n) is 6.15. The molecule has 0 fully saturated rings. The summed E-state index contributed by atoms with van der Waals surface area (Å²) in [5.74, 6) is -0.638. The maximum absolute atomic E-state index is 13.3. The summed E-state index contributed by atoms with van der Waals surface area (Å²) in [6, 6.07) is 12.2. The molecule has 3 rings (SSSR count). The normalized spacial score (nSPS) is 11.0. The Balaban J connectivity index is 1.76. The summed E-state index contributed by atoms with van der Waals surface area (Å²) in [6.45, 7) is 3.65. The minimum Gasteiger partial charge on any atom is -0.322 e. The highest BCUT2D eigenvalue weighted by atomic mass is 32.2. The van der Waals surface area contributed by atoms with Gasteiger partial charge in [-0.1, -0.05) is 24.3 Å². The Morgan fingerprint density at radius 2 is 1.56 bits per heavy atom. The maximum atomic E-state index is 13.3. The summed E-state index contributed by atoms with van der Waals surface area (Å²) in [5, 5.41) is 9.53. The van der Waals surface area contributed by atoms with Crippen molar-refractivity contribution in [2.45, 2.75) is 19.1 Å². The molecule has 3 aromatic rings. The first-order chi connectivity index (χ1) is 12.9. The quantitative estimate of drug-likeness (QED) is 0.641. The van der Waals surface area contributed by atoms with Crippen molar-refractivity contribution in [1.29, 1.82) is 0 Å². The van der Waals surface area contributed by atoms with Crippen molar-refractivity contribution in [3.05, 3.63) is 82.7 Å². The Morgan fingerprint density at radius 3 is 2.00 bits per heavy atom. The molecule has 0 saturated heterocycles. The fourth-order valence-electron chi connectivity index (χ4n) is 2.73. The van der Waals surface area contributed by atoms with Gasteiger partial charge in [-0.25, -0.2) is 8.78 Å². The van der Waals surface area contributed by atoms with Gasteiger partial charge in [-0.3, -0.25) is 9.89 Å². The van der Waals surface area contributed by atoms with Crippen LogP contribution in [-0.4, -0.2) is 21.9 Å².